The lowest BCUT2D eigenvalue weighted by Gasteiger charge is -2.35. The first-order chi connectivity index (χ1) is 14.6. The highest BCUT2D eigenvalue weighted by Gasteiger charge is 2.43. The quantitative estimate of drug-likeness (QED) is 0.712. The molecule has 3 aromatic rings. The van der Waals surface area contributed by atoms with E-state index in [0.717, 1.165) is 43.0 Å². The van der Waals surface area contributed by atoms with Crippen LogP contribution in [0.5, 0.6) is 11.6 Å². The fourth-order valence-corrected chi connectivity index (χ4v) is 4.87. The van der Waals surface area contributed by atoms with Gasteiger partial charge in [0.1, 0.15) is 12.1 Å². The second kappa shape index (κ2) is 7.68. The van der Waals surface area contributed by atoms with Crippen LogP contribution < -0.4 is 9.64 Å². The molecule has 2 aliphatic rings. The molecule has 4 heterocycles. The van der Waals surface area contributed by atoms with Crippen molar-refractivity contribution in [2.45, 2.75) is 38.8 Å². The van der Waals surface area contributed by atoms with E-state index in [1.54, 1.807) is 18.7 Å². The molecule has 1 saturated heterocycles. The summed E-state index contributed by atoms with van der Waals surface area (Å²) in [5.41, 5.74) is 1.74. The summed E-state index contributed by atoms with van der Waals surface area (Å²) in [5, 5.41) is 15.1. The average molecular weight is 406 g/mol. The van der Waals surface area contributed by atoms with Gasteiger partial charge >= 0.3 is 0 Å². The molecule has 0 radical (unpaired) electrons. The topological polar surface area (TPSA) is 89.2 Å². The van der Waals surface area contributed by atoms with Gasteiger partial charge in [-0.15, -0.1) is 0 Å². The molecule has 1 aliphatic carbocycles. The summed E-state index contributed by atoms with van der Waals surface area (Å²) < 4.78 is 7.95. The Hall–Kier alpha value is -3.00. The Balaban J connectivity index is 1.35. The van der Waals surface area contributed by atoms with E-state index in [4.69, 9.17) is 4.74 Å². The van der Waals surface area contributed by atoms with Crippen LogP contribution in [-0.4, -0.2) is 49.0 Å². The molecule has 1 N–H and O–H groups in total. The van der Waals surface area contributed by atoms with Gasteiger partial charge in [0.05, 0.1) is 23.4 Å². The van der Waals surface area contributed by atoms with E-state index in [2.05, 4.69) is 25.0 Å². The fraction of sp³-hybridized carbons (Fsp3) is 0.455. The Kier molecular flexibility index (Phi) is 4.86. The molecule has 0 unspecified atom stereocenters. The number of aryl methyl sites for hydroxylation is 1. The summed E-state index contributed by atoms with van der Waals surface area (Å²) in [4.78, 5) is 15.5. The molecule has 1 aliphatic heterocycles. The summed E-state index contributed by atoms with van der Waals surface area (Å²) in [6.45, 7) is 5.72. The Morgan fingerprint density at radius 1 is 1.03 bits per heavy atom. The molecule has 0 aromatic carbocycles. The normalized spacial score (nSPS) is 25.9. The van der Waals surface area contributed by atoms with Crippen LogP contribution in [0.2, 0.25) is 0 Å². The summed E-state index contributed by atoms with van der Waals surface area (Å²) >= 11 is 0. The predicted octanol–water partition coefficient (Wildman–Crippen LogP) is 2.93. The van der Waals surface area contributed by atoms with Gasteiger partial charge in [0.15, 0.2) is 5.75 Å². The number of aliphatic hydroxyl groups excluding tert-OH is 1. The van der Waals surface area contributed by atoms with Crippen LogP contribution >= 0.6 is 0 Å². The number of hydrogen-bond donors (Lipinski definition) is 1. The maximum atomic E-state index is 10.7. The molecule has 3 aromatic heterocycles. The number of aliphatic hydroxyl groups is 1. The fourth-order valence-electron chi connectivity index (χ4n) is 4.87. The largest absolute Gasteiger partial charge is 0.437 e. The highest BCUT2D eigenvalue weighted by Crippen LogP contribution is 2.43. The molecule has 0 spiro atoms. The molecule has 8 heteroatoms. The minimum absolute atomic E-state index is 0.0418. The molecule has 0 amide bonds. The number of hydrogen-bond acceptors (Lipinski definition) is 7. The molecule has 2 fully saturated rings. The number of pyridine rings is 1. The first-order valence-electron chi connectivity index (χ1n) is 10.4. The number of aromatic nitrogens is 5. The molecular weight excluding hydrogens is 380 g/mol. The molecule has 30 heavy (non-hydrogen) atoms. The van der Waals surface area contributed by atoms with Crippen LogP contribution in [0.15, 0.2) is 43.1 Å². The van der Waals surface area contributed by atoms with Gasteiger partial charge in [-0.2, -0.15) is 5.10 Å². The van der Waals surface area contributed by atoms with Crippen molar-refractivity contribution in [1.29, 1.82) is 0 Å². The van der Waals surface area contributed by atoms with Crippen LogP contribution in [0.25, 0.3) is 0 Å². The van der Waals surface area contributed by atoms with E-state index in [1.165, 1.54) is 0 Å². The lowest BCUT2D eigenvalue weighted by Crippen LogP contribution is -2.36. The van der Waals surface area contributed by atoms with Crippen molar-refractivity contribution in [3.05, 3.63) is 54.4 Å². The smallest absolute Gasteiger partial charge is 0.227 e. The van der Waals surface area contributed by atoms with Gasteiger partial charge < -0.3 is 14.7 Å². The average Bonchev–Trinajstić information content (AvgIpc) is 3.40. The highest BCUT2D eigenvalue weighted by molar-refractivity contribution is 5.52. The minimum atomic E-state index is -0.370. The third kappa shape index (κ3) is 3.41. The lowest BCUT2D eigenvalue weighted by molar-refractivity contribution is 0.0306. The summed E-state index contributed by atoms with van der Waals surface area (Å²) in [7, 11) is 0. The van der Waals surface area contributed by atoms with Crippen molar-refractivity contribution in [3.8, 4) is 11.6 Å². The van der Waals surface area contributed by atoms with Gasteiger partial charge in [-0.1, -0.05) is 0 Å². The SMILES string of the molecule is Cc1ncccc1Oc1ncnc(N2C[C@H]3C[C@@H](n4cccn4)[C@H](O)C[C@H]3C2)c1C. The van der Waals surface area contributed by atoms with E-state index in [9.17, 15) is 5.11 Å². The maximum absolute atomic E-state index is 10.7. The molecule has 8 nitrogen and oxygen atoms in total. The molecule has 156 valence electrons. The van der Waals surface area contributed by atoms with E-state index in [-0.39, 0.29) is 12.1 Å². The van der Waals surface area contributed by atoms with Gasteiger partial charge in [0, 0.05) is 31.7 Å². The lowest BCUT2D eigenvalue weighted by atomic mass is 9.77. The van der Waals surface area contributed by atoms with E-state index in [0.29, 0.717) is 23.5 Å². The Morgan fingerprint density at radius 2 is 1.87 bits per heavy atom. The van der Waals surface area contributed by atoms with E-state index >= 15 is 0 Å². The zero-order chi connectivity index (χ0) is 20.7. The summed E-state index contributed by atoms with van der Waals surface area (Å²) in [6.07, 6.45) is 8.37. The van der Waals surface area contributed by atoms with Crippen LogP contribution in [-0.2, 0) is 0 Å². The van der Waals surface area contributed by atoms with Crippen molar-refractivity contribution in [2.75, 3.05) is 18.0 Å². The van der Waals surface area contributed by atoms with Crippen molar-refractivity contribution in [2.24, 2.45) is 11.8 Å². The van der Waals surface area contributed by atoms with Crippen molar-refractivity contribution < 1.29 is 9.84 Å². The van der Waals surface area contributed by atoms with E-state index in [1.807, 2.05) is 42.9 Å². The predicted molar refractivity (Wildman–Crippen MR) is 112 cm³/mol. The molecule has 0 bridgehead atoms. The second-order valence-corrected chi connectivity index (χ2v) is 8.33. The standard InChI is InChI=1S/C22H26N6O2/c1-14-21(24-13-25-22(14)30-20-5-3-6-23-15(20)2)27-11-16-9-18(28-8-4-7-26-28)19(29)10-17(16)12-27/h3-8,13,16-19,29H,9-12H2,1-2H3/t16-,17+,18-,19-/m1/s1. The molecule has 4 atom stereocenters. The van der Waals surface area contributed by atoms with Gasteiger partial charge in [0.25, 0.3) is 0 Å². The van der Waals surface area contributed by atoms with Crippen LogP contribution in [0.3, 0.4) is 0 Å². The minimum Gasteiger partial charge on any atom is -0.437 e. The Bertz CT molecular complexity index is 1020. The summed E-state index contributed by atoms with van der Waals surface area (Å²) in [6, 6.07) is 5.70. The maximum Gasteiger partial charge on any atom is 0.227 e. The zero-order valence-electron chi connectivity index (χ0n) is 17.2. The third-order valence-corrected chi connectivity index (χ3v) is 6.45. The number of fused-ring (bicyclic) bond motifs is 1. The first kappa shape index (κ1) is 19.0. The number of rotatable bonds is 4. The van der Waals surface area contributed by atoms with Crippen LogP contribution in [0.4, 0.5) is 5.82 Å². The summed E-state index contributed by atoms with van der Waals surface area (Å²) in [5.74, 6) is 3.11. The van der Waals surface area contributed by atoms with Crippen LogP contribution in [0, 0.1) is 25.7 Å². The first-order valence-corrected chi connectivity index (χ1v) is 10.4. The van der Waals surface area contributed by atoms with Gasteiger partial charge in [-0.05, 0) is 56.7 Å². The van der Waals surface area contributed by atoms with Crippen molar-refractivity contribution in [3.63, 3.8) is 0 Å². The number of ether oxygens (including phenoxy) is 1. The van der Waals surface area contributed by atoms with Gasteiger partial charge in [-0.3, -0.25) is 9.67 Å². The number of anilines is 1. The Morgan fingerprint density at radius 3 is 2.63 bits per heavy atom. The van der Waals surface area contributed by atoms with Crippen LogP contribution in [0.1, 0.15) is 30.1 Å². The highest BCUT2D eigenvalue weighted by atomic mass is 16.5. The molecular formula is C22H26N6O2. The zero-order valence-corrected chi connectivity index (χ0v) is 17.2. The van der Waals surface area contributed by atoms with Gasteiger partial charge in [0.2, 0.25) is 5.88 Å². The van der Waals surface area contributed by atoms with Gasteiger partial charge in [-0.25, -0.2) is 9.97 Å². The van der Waals surface area contributed by atoms with Crippen molar-refractivity contribution >= 4 is 5.82 Å². The Labute approximate surface area is 175 Å². The van der Waals surface area contributed by atoms with E-state index < -0.39 is 0 Å². The monoisotopic (exact) mass is 406 g/mol. The second-order valence-electron chi connectivity index (χ2n) is 8.33. The third-order valence-electron chi connectivity index (χ3n) is 6.45. The van der Waals surface area contributed by atoms with Crippen molar-refractivity contribution in [1.82, 2.24) is 24.7 Å². The molecule has 1 saturated carbocycles. The number of nitrogens with zero attached hydrogens (tertiary/aromatic N) is 6. The molecule has 5 rings (SSSR count).